The van der Waals surface area contributed by atoms with Crippen molar-refractivity contribution in [3.63, 3.8) is 0 Å². The molecule has 7 nitrogen and oxygen atoms in total. The number of hydrogen-bond donors (Lipinski definition) is 2. The maximum Gasteiger partial charge on any atom is 0.345 e. The number of nitrogens with zero attached hydrogens (tertiary/aromatic N) is 1. The molecule has 4 aromatic carbocycles. The van der Waals surface area contributed by atoms with E-state index in [0.29, 0.717) is 11.1 Å². The van der Waals surface area contributed by atoms with E-state index in [9.17, 15) is 14.4 Å². The summed E-state index contributed by atoms with van der Waals surface area (Å²) in [7, 11) is 0. The van der Waals surface area contributed by atoms with Crippen LogP contribution in [0, 0.1) is 6.92 Å². The third-order valence-electron chi connectivity index (χ3n) is 5.41. The summed E-state index contributed by atoms with van der Waals surface area (Å²) in [4.78, 5) is 37.3. The second-order valence-electron chi connectivity index (χ2n) is 7.86. The molecule has 0 saturated carbocycles. The van der Waals surface area contributed by atoms with Crippen LogP contribution in [0.3, 0.4) is 0 Å². The largest absolute Gasteiger partial charge is 0.422 e. The van der Waals surface area contributed by atoms with Gasteiger partial charge in [-0.1, -0.05) is 72.3 Å². The van der Waals surface area contributed by atoms with E-state index in [0.717, 1.165) is 16.3 Å². The zero-order valence-electron chi connectivity index (χ0n) is 19.3. The highest BCUT2D eigenvalue weighted by atomic mass is 35.5. The summed E-state index contributed by atoms with van der Waals surface area (Å²) < 4.78 is 5.63. The van der Waals surface area contributed by atoms with Crippen LogP contribution < -0.4 is 15.5 Å². The van der Waals surface area contributed by atoms with Gasteiger partial charge in [0.1, 0.15) is 5.75 Å². The standard InChI is InChI=1S/C28H22ClN3O4/c1-18-8-2-4-10-20(18)27(34)30-17-26(33)32-31-16-23-21-11-5-3-9-19(21)14-15-25(23)36-28(35)22-12-6-7-13-24(22)29/h2-16H,17H2,1H3,(H,30,34)(H,32,33)/b31-16+. The molecule has 4 rings (SSSR count). The molecule has 0 aliphatic heterocycles. The van der Waals surface area contributed by atoms with Crippen molar-refractivity contribution >= 4 is 46.4 Å². The van der Waals surface area contributed by atoms with Gasteiger partial charge in [0.2, 0.25) is 0 Å². The first-order valence-corrected chi connectivity index (χ1v) is 11.5. The van der Waals surface area contributed by atoms with E-state index in [-0.39, 0.29) is 28.8 Å². The maximum atomic E-state index is 12.7. The minimum absolute atomic E-state index is 0.230. The van der Waals surface area contributed by atoms with E-state index in [1.54, 1.807) is 42.5 Å². The Morgan fingerprint density at radius 3 is 2.36 bits per heavy atom. The van der Waals surface area contributed by atoms with E-state index in [1.165, 1.54) is 6.21 Å². The molecule has 2 amide bonds. The molecule has 36 heavy (non-hydrogen) atoms. The fraction of sp³-hybridized carbons (Fsp3) is 0.0714. The minimum atomic E-state index is -0.617. The van der Waals surface area contributed by atoms with E-state index >= 15 is 0 Å². The third-order valence-corrected chi connectivity index (χ3v) is 5.74. The van der Waals surface area contributed by atoms with Crippen LogP contribution in [0.1, 0.15) is 31.8 Å². The topological polar surface area (TPSA) is 96.9 Å². The molecule has 0 aliphatic rings. The van der Waals surface area contributed by atoms with Crippen molar-refractivity contribution in [2.24, 2.45) is 5.10 Å². The first kappa shape index (κ1) is 24.6. The normalized spacial score (nSPS) is 10.8. The highest BCUT2D eigenvalue weighted by Gasteiger charge is 2.16. The molecule has 4 aromatic rings. The quantitative estimate of drug-likeness (QED) is 0.163. The number of ether oxygens (including phenoxy) is 1. The molecule has 0 atom stereocenters. The predicted octanol–water partition coefficient (Wildman–Crippen LogP) is 4.90. The van der Waals surface area contributed by atoms with Gasteiger partial charge in [-0.05, 0) is 47.5 Å². The minimum Gasteiger partial charge on any atom is -0.422 e. The predicted molar refractivity (Wildman–Crippen MR) is 140 cm³/mol. The molecule has 0 aromatic heterocycles. The van der Waals surface area contributed by atoms with Crippen LogP contribution in [0.15, 0.2) is 90.0 Å². The fourth-order valence-electron chi connectivity index (χ4n) is 3.57. The summed E-state index contributed by atoms with van der Waals surface area (Å²) in [5, 5.41) is 8.54. The van der Waals surface area contributed by atoms with Gasteiger partial charge in [0.15, 0.2) is 0 Å². The number of esters is 1. The Morgan fingerprint density at radius 1 is 0.889 bits per heavy atom. The lowest BCUT2D eigenvalue weighted by Crippen LogP contribution is -2.35. The van der Waals surface area contributed by atoms with Crippen LogP contribution in [0.4, 0.5) is 0 Å². The van der Waals surface area contributed by atoms with E-state index in [2.05, 4.69) is 15.8 Å². The molecule has 0 saturated heterocycles. The maximum absolute atomic E-state index is 12.7. The number of aryl methyl sites for hydroxylation is 1. The van der Waals surface area contributed by atoms with E-state index in [4.69, 9.17) is 16.3 Å². The lowest BCUT2D eigenvalue weighted by Gasteiger charge is -2.11. The van der Waals surface area contributed by atoms with Crippen LogP contribution in [0.25, 0.3) is 10.8 Å². The third kappa shape index (κ3) is 5.76. The molecule has 0 radical (unpaired) electrons. The van der Waals surface area contributed by atoms with Crippen molar-refractivity contribution in [2.45, 2.75) is 6.92 Å². The average Bonchev–Trinajstić information content (AvgIpc) is 2.88. The number of carbonyl (C=O) groups is 3. The Labute approximate surface area is 212 Å². The van der Waals surface area contributed by atoms with Crippen LogP contribution in [-0.2, 0) is 4.79 Å². The SMILES string of the molecule is Cc1ccccc1C(=O)NCC(=O)N/N=C/c1c(OC(=O)c2ccccc2Cl)ccc2ccccc12. The molecule has 0 spiro atoms. The zero-order chi connectivity index (χ0) is 25.5. The van der Waals surface area contributed by atoms with Gasteiger partial charge < -0.3 is 10.1 Å². The number of hydrazone groups is 1. The van der Waals surface area contributed by atoms with Crippen LogP contribution in [0.5, 0.6) is 5.75 Å². The number of benzene rings is 4. The Bertz CT molecular complexity index is 1480. The first-order chi connectivity index (χ1) is 17.4. The number of halogens is 1. The molecule has 0 fully saturated rings. The van der Waals surface area contributed by atoms with Crippen molar-refractivity contribution in [1.82, 2.24) is 10.7 Å². The summed E-state index contributed by atoms with van der Waals surface area (Å²) in [6.45, 7) is 1.56. The molecule has 180 valence electrons. The Morgan fingerprint density at radius 2 is 1.58 bits per heavy atom. The highest BCUT2D eigenvalue weighted by molar-refractivity contribution is 6.33. The number of hydrogen-bond acceptors (Lipinski definition) is 5. The molecular formula is C28H22ClN3O4. The monoisotopic (exact) mass is 499 g/mol. The average molecular weight is 500 g/mol. The number of fused-ring (bicyclic) bond motifs is 1. The van der Waals surface area contributed by atoms with Gasteiger partial charge in [-0.15, -0.1) is 0 Å². The van der Waals surface area contributed by atoms with Gasteiger partial charge in [0.05, 0.1) is 23.3 Å². The van der Waals surface area contributed by atoms with Gasteiger partial charge >= 0.3 is 5.97 Å². The van der Waals surface area contributed by atoms with Gasteiger partial charge in [-0.25, -0.2) is 10.2 Å². The fourth-order valence-corrected chi connectivity index (χ4v) is 3.78. The van der Waals surface area contributed by atoms with Crippen LogP contribution >= 0.6 is 11.6 Å². The van der Waals surface area contributed by atoms with Gasteiger partial charge in [0.25, 0.3) is 11.8 Å². The zero-order valence-corrected chi connectivity index (χ0v) is 20.1. The van der Waals surface area contributed by atoms with Crippen molar-refractivity contribution in [3.8, 4) is 5.75 Å². The van der Waals surface area contributed by atoms with Crippen molar-refractivity contribution < 1.29 is 19.1 Å². The van der Waals surface area contributed by atoms with Gasteiger partial charge in [-0.3, -0.25) is 9.59 Å². The number of amides is 2. The summed E-state index contributed by atoms with van der Waals surface area (Å²) in [5.74, 6) is -1.23. The van der Waals surface area contributed by atoms with Crippen molar-refractivity contribution in [3.05, 3.63) is 112 Å². The number of rotatable bonds is 7. The van der Waals surface area contributed by atoms with Crippen LogP contribution in [0.2, 0.25) is 5.02 Å². The van der Waals surface area contributed by atoms with E-state index in [1.807, 2.05) is 49.4 Å². The molecule has 0 aliphatic carbocycles. The Hall–Kier alpha value is -4.49. The molecular weight excluding hydrogens is 478 g/mol. The smallest absolute Gasteiger partial charge is 0.345 e. The Balaban J connectivity index is 1.49. The lowest BCUT2D eigenvalue weighted by molar-refractivity contribution is -0.120. The van der Waals surface area contributed by atoms with E-state index < -0.39 is 11.9 Å². The lowest BCUT2D eigenvalue weighted by atomic mass is 10.0. The van der Waals surface area contributed by atoms with Crippen LogP contribution in [-0.4, -0.2) is 30.5 Å². The van der Waals surface area contributed by atoms with Gasteiger partial charge in [0, 0.05) is 11.1 Å². The first-order valence-electron chi connectivity index (χ1n) is 11.1. The molecule has 0 heterocycles. The second kappa shape index (κ2) is 11.3. The summed E-state index contributed by atoms with van der Waals surface area (Å²) in [6, 6.07) is 24.7. The summed E-state index contributed by atoms with van der Waals surface area (Å²) in [5.41, 5.74) is 4.42. The second-order valence-corrected chi connectivity index (χ2v) is 8.27. The van der Waals surface area contributed by atoms with Crippen molar-refractivity contribution in [1.29, 1.82) is 0 Å². The van der Waals surface area contributed by atoms with Gasteiger partial charge in [-0.2, -0.15) is 5.10 Å². The molecule has 0 unspecified atom stereocenters. The Kier molecular flexibility index (Phi) is 7.72. The van der Waals surface area contributed by atoms with Crippen molar-refractivity contribution in [2.75, 3.05) is 6.54 Å². The highest BCUT2D eigenvalue weighted by Crippen LogP contribution is 2.28. The molecule has 2 N–H and O–H groups in total. The summed E-state index contributed by atoms with van der Waals surface area (Å²) in [6.07, 6.45) is 1.40. The number of carbonyl (C=O) groups excluding carboxylic acids is 3. The number of nitrogens with one attached hydrogen (secondary N) is 2. The molecule has 8 heteroatoms. The molecule has 0 bridgehead atoms. The summed E-state index contributed by atoms with van der Waals surface area (Å²) >= 11 is 6.13.